The largest absolute Gasteiger partial charge is 0.412 e. The molecule has 0 aromatic carbocycles. The third-order valence-corrected chi connectivity index (χ3v) is 13.9. The molecule has 0 amide bonds. The smallest absolute Gasteiger partial charge is 0.146 e. The Morgan fingerprint density at radius 1 is 0.326 bits per heavy atom. The minimum absolute atomic E-state index is 0. The maximum Gasteiger partial charge on any atom is 0.146 e. The highest BCUT2D eigenvalue weighted by molar-refractivity contribution is 5.75. The molecule has 5 saturated heterocycles. The normalized spacial score (nSPS) is 55.6. The van der Waals surface area contributed by atoms with Crippen LogP contribution in [0, 0.1) is 47.3 Å². The van der Waals surface area contributed by atoms with Gasteiger partial charge in [0.15, 0.2) is 0 Å². The van der Waals surface area contributed by atoms with Gasteiger partial charge in [-0.2, -0.15) is 0 Å². The molecule has 5 heterocycles. The minimum Gasteiger partial charge on any atom is -0.412 e. The van der Waals surface area contributed by atoms with E-state index in [0.29, 0.717) is 78.7 Å². The molecule has 1 radical (unpaired) electrons. The van der Waals surface area contributed by atoms with E-state index < -0.39 is 0 Å². The SMILES string of the molecule is NC1CCCC2C3NC4NC(NC5NC(NC6NC(NC(N3)C12)C1CCCCC61)C1CCCCC51)C1CCCCC41.O.[AlH2]. The Hall–Kier alpha value is 0.132. The molecular formula is C32H61AlN9O. The van der Waals surface area contributed by atoms with Crippen LogP contribution in [0.3, 0.4) is 0 Å². The van der Waals surface area contributed by atoms with Gasteiger partial charge in [0.2, 0.25) is 0 Å². The van der Waals surface area contributed by atoms with Gasteiger partial charge in [-0.3, -0.25) is 42.5 Å². The maximum atomic E-state index is 6.95. The molecule has 9 rings (SSSR count). The highest BCUT2D eigenvalue weighted by atomic mass is 27.0. The monoisotopic (exact) mass is 614 g/mol. The first-order chi connectivity index (χ1) is 20.2. The zero-order valence-corrected chi connectivity index (χ0v) is 28.5. The van der Waals surface area contributed by atoms with Crippen molar-refractivity contribution in [2.24, 2.45) is 53.1 Å². The third-order valence-electron chi connectivity index (χ3n) is 13.9. The molecule has 12 N–H and O–H groups in total. The Kier molecular flexibility index (Phi) is 9.57. The van der Waals surface area contributed by atoms with Crippen LogP contribution in [0.5, 0.6) is 0 Å². The van der Waals surface area contributed by atoms with E-state index in [9.17, 15) is 0 Å². The predicted molar refractivity (Wildman–Crippen MR) is 173 cm³/mol. The molecule has 0 aromatic heterocycles. The summed E-state index contributed by atoms with van der Waals surface area (Å²) in [4.78, 5) is 0. The molecule has 243 valence electrons. The summed E-state index contributed by atoms with van der Waals surface area (Å²) in [6.07, 6.45) is 23.0. The van der Waals surface area contributed by atoms with Gasteiger partial charge < -0.3 is 11.2 Å². The van der Waals surface area contributed by atoms with Gasteiger partial charge in [0.25, 0.3) is 0 Å². The Labute approximate surface area is 269 Å². The summed E-state index contributed by atoms with van der Waals surface area (Å²) in [5.74, 6) is 5.37. The summed E-state index contributed by atoms with van der Waals surface area (Å²) < 4.78 is 0. The van der Waals surface area contributed by atoms with Crippen molar-refractivity contribution in [3.05, 3.63) is 0 Å². The average Bonchev–Trinajstić information content (AvgIpc) is 3.73. The molecule has 4 saturated carbocycles. The van der Waals surface area contributed by atoms with E-state index in [1.165, 1.54) is 89.9 Å². The fraction of sp³-hybridized carbons (Fsp3) is 1.00. The van der Waals surface area contributed by atoms with Gasteiger partial charge in [-0.25, -0.2) is 0 Å². The van der Waals surface area contributed by atoms with E-state index in [0.717, 1.165) is 18.3 Å². The number of nitrogens with two attached hydrogens (primary N) is 1. The van der Waals surface area contributed by atoms with E-state index >= 15 is 0 Å². The maximum absolute atomic E-state index is 6.95. The Morgan fingerprint density at radius 3 is 0.907 bits per heavy atom. The molecule has 4 aliphatic carbocycles. The van der Waals surface area contributed by atoms with Gasteiger partial charge in [0, 0.05) is 12.0 Å². The van der Waals surface area contributed by atoms with E-state index in [1.54, 1.807) is 0 Å². The van der Waals surface area contributed by atoms with Crippen molar-refractivity contribution in [2.45, 2.75) is 152 Å². The number of rotatable bonds is 0. The second-order valence-corrected chi connectivity index (χ2v) is 15.8. The summed E-state index contributed by atoms with van der Waals surface area (Å²) in [6, 6.07) is 0.279. The number of hydrogen-bond acceptors (Lipinski definition) is 9. The molecular weight excluding hydrogens is 553 g/mol. The lowest BCUT2D eigenvalue weighted by Crippen LogP contribution is -2.62. The zero-order chi connectivity index (χ0) is 27.1. The van der Waals surface area contributed by atoms with Crippen LogP contribution in [0.2, 0.25) is 0 Å². The molecule has 0 aromatic rings. The van der Waals surface area contributed by atoms with Crippen LogP contribution < -0.4 is 48.3 Å². The van der Waals surface area contributed by atoms with Crippen LogP contribution in [0.25, 0.3) is 0 Å². The molecule has 0 spiro atoms. The first-order valence-corrected chi connectivity index (χ1v) is 18.1. The summed E-state index contributed by atoms with van der Waals surface area (Å²) in [5.41, 5.74) is 6.95. The zero-order valence-electron chi connectivity index (χ0n) is 26.5. The molecule has 10 nitrogen and oxygen atoms in total. The molecule has 9 aliphatic rings. The Morgan fingerprint density at radius 2 is 0.581 bits per heavy atom. The van der Waals surface area contributed by atoms with Crippen molar-refractivity contribution in [3.63, 3.8) is 0 Å². The molecule has 11 heteroatoms. The lowest BCUT2D eigenvalue weighted by molar-refractivity contribution is 0.157. The predicted octanol–water partition coefficient (Wildman–Crippen LogP) is -0.198. The third kappa shape index (κ3) is 5.49. The summed E-state index contributed by atoms with van der Waals surface area (Å²) in [7, 11) is 0. The lowest BCUT2D eigenvalue weighted by Gasteiger charge is -2.38. The topological polar surface area (TPSA) is 154 Å². The van der Waals surface area contributed by atoms with Gasteiger partial charge in [-0.1, -0.05) is 44.9 Å². The van der Waals surface area contributed by atoms with Crippen LogP contribution in [0.1, 0.15) is 96.3 Å². The Bertz CT molecular complexity index is 962. The quantitative estimate of drug-likeness (QED) is 0.169. The van der Waals surface area contributed by atoms with Gasteiger partial charge >= 0.3 is 0 Å². The summed E-state index contributed by atoms with van der Waals surface area (Å²) in [6.45, 7) is 0. The standard InChI is InChI=1S/C32H57N9.Al.H2O.2H/c33-23-15-7-14-22-24(23)32-40-30-21-13-6-5-12-20(21)28(38-30)36-26-17-9-2-1-8-16(17)25(34-26)35-27-18-10-3-4-11-19(18)29(37-27)39-31(22)41-32;;;;/h16-32,34-41H,1-15,33H2;;1H2;;. The van der Waals surface area contributed by atoms with Crippen molar-refractivity contribution in [1.29, 1.82) is 0 Å². The number of fused-ring (bicyclic) bond motifs is 20. The molecule has 9 fully saturated rings. The van der Waals surface area contributed by atoms with E-state index in [2.05, 4.69) is 42.5 Å². The van der Waals surface area contributed by atoms with E-state index in [-0.39, 0.29) is 35.0 Å². The second kappa shape index (κ2) is 13.0. The lowest BCUT2D eigenvalue weighted by atomic mass is 9.75. The van der Waals surface area contributed by atoms with Gasteiger partial charge in [0.05, 0.1) is 49.3 Å². The molecule has 17 atom stereocenters. The number of nitrogens with one attached hydrogen (secondary N) is 8. The first-order valence-electron chi connectivity index (χ1n) is 18.1. The van der Waals surface area contributed by atoms with Crippen LogP contribution in [-0.4, -0.2) is 78.2 Å². The first kappa shape index (κ1) is 31.7. The van der Waals surface area contributed by atoms with E-state index in [1.807, 2.05) is 0 Å². The van der Waals surface area contributed by atoms with Crippen molar-refractivity contribution in [3.8, 4) is 0 Å². The molecule has 43 heavy (non-hydrogen) atoms. The van der Waals surface area contributed by atoms with Crippen LogP contribution in [-0.2, 0) is 0 Å². The highest BCUT2D eigenvalue weighted by Crippen LogP contribution is 2.45. The van der Waals surface area contributed by atoms with Crippen molar-refractivity contribution in [1.82, 2.24) is 42.5 Å². The fourth-order valence-corrected chi connectivity index (χ4v) is 12.1. The van der Waals surface area contributed by atoms with E-state index in [4.69, 9.17) is 5.73 Å². The van der Waals surface area contributed by atoms with Gasteiger partial charge in [0.1, 0.15) is 17.4 Å². The minimum atomic E-state index is 0. The van der Waals surface area contributed by atoms with Crippen molar-refractivity contribution < 1.29 is 5.48 Å². The molecule has 17 unspecified atom stereocenters. The average molecular weight is 615 g/mol. The van der Waals surface area contributed by atoms with Gasteiger partial charge in [-0.15, -0.1) is 0 Å². The number of hydrogen-bond donors (Lipinski definition) is 9. The van der Waals surface area contributed by atoms with Crippen LogP contribution >= 0.6 is 0 Å². The van der Waals surface area contributed by atoms with Gasteiger partial charge in [-0.05, 0) is 92.8 Å². The fourth-order valence-electron chi connectivity index (χ4n) is 12.1. The summed E-state index contributed by atoms with van der Waals surface area (Å²) in [5, 5.41) is 33.6. The highest BCUT2D eigenvalue weighted by Gasteiger charge is 2.55. The van der Waals surface area contributed by atoms with Crippen molar-refractivity contribution >= 4 is 17.4 Å². The Balaban J connectivity index is 0.00000150. The second-order valence-electron chi connectivity index (χ2n) is 15.8. The van der Waals surface area contributed by atoms with Crippen LogP contribution in [0.15, 0.2) is 0 Å². The molecule has 8 bridgehead atoms. The molecule has 5 aliphatic heterocycles. The summed E-state index contributed by atoms with van der Waals surface area (Å²) >= 11 is 0. The van der Waals surface area contributed by atoms with Crippen LogP contribution in [0.4, 0.5) is 0 Å². The van der Waals surface area contributed by atoms with Crippen molar-refractivity contribution in [2.75, 3.05) is 0 Å².